The third-order valence-corrected chi connectivity index (χ3v) is 1.63. The highest BCUT2D eigenvalue weighted by Gasteiger charge is 2.20. The Bertz CT molecular complexity index is 363. The Kier molecular flexibility index (Phi) is 3.55. The molecule has 0 atom stereocenters. The van der Waals surface area contributed by atoms with Gasteiger partial charge in [0, 0.05) is 6.07 Å². The van der Waals surface area contributed by atoms with E-state index in [9.17, 15) is 17.6 Å². The van der Waals surface area contributed by atoms with Crippen LogP contribution in [0.5, 0.6) is 5.75 Å². The van der Waals surface area contributed by atoms with E-state index in [0.717, 1.165) is 0 Å². The quantitative estimate of drug-likeness (QED) is 0.433. The molecular weight excluding hydrogens is 212 g/mol. The topological polar surface area (TPSA) is 9.23 Å². The summed E-state index contributed by atoms with van der Waals surface area (Å²) in [6, 6.07) is 0.258. The maximum atomic E-state index is 13.0. The van der Waals surface area contributed by atoms with Crippen molar-refractivity contribution in [3.63, 3.8) is 0 Å². The van der Waals surface area contributed by atoms with Gasteiger partial charge in [-0.05, 0) is 5.92 Å². The lowest BCUT2D eigenvalue weighted by molar-refractivity contribution is 0.240. The molecule has 1 aromatic rings. The lowest BCUT2D eigenvalue weighted by Gasteiger charge is -2.10. The first kappa shape index (κ1) is 11.8. The van der Waals surface area contributed by atoms with Gasteiger partial charge in [0.1, 0.15) is 0 Å². The molecule has 84 valence electrons. The van der Waals surface area contributed by atoms with Gasteiger partial charge in [0.15, 0.2) is 23.2 Å². The van der Waals surface area contributed by atoms with Gasteiger partial charge in [-0.3, -0.25) is 0 Å². The molecule has 0 fully saturated rings. The minimum atomic E-state index is -1.73. The van der Waals surface area contributed by atoms with Gasteiger partial charge in [-0.2, -0.15) is 4.39 Å². The SMILES string of the molecule is CC(C)COc1c(F)cc(F)c(F)c1F. The predicted molar refractivity (Wildman–Crippen MR) is 46.6 cm³/mol. The van der Waals surface area contributed by atoms with E-state index in [1.54, 1.807) is 13.8 Å². The summed E-state index contributed by atoms with van der Waals surface area (Å²) in [5, 5.41) is 0. The molecule has 0 unspecified atom stereocenters. The van der Waals surface area contributed by atoms with Crippen LogP contribution >= 0.6 is 0 Å². The highest BCUT2D eigenvalue weighted by molar-refractivity contribution is 5.28. The zero-order valence-corrected chi connectivity index (χ0v) is 8.28. The number of ether oxygens (including phenoxy) is 1. The minimum absolute atomic E-state index is 0.0249. The first-order chi connectivity index (χ1) is 6.93. The lowest BCUT2D eigenvalue weighted by Crippen LogP contribution is -2.09. The summed E-state index contributed by atoms with van der Waals surface area (Å²) in [7, 11) is 0. The average Bonchev–Trinajstić information content (AvgIpc) is 2.14. The van der Waals surface area contributed by atoms with Gasteiger partial charge in [0.05, 0.1) is 6.61 Å². The average molecular weight is 222 g/mol. The number of hydrogen-bond acceptors (Lipinski definition) is 1. The molecule has 1 nitrogen and oxygen atoms in total. The van der Waals surface area contributed by atoms with Gasteiger partial charge in [0.25, 0.3) is 0 Å². The molecule has 0 saturated heterocycles. The molecule has 5 heteroatoms. The second kappa shape index (κ2) is 4.51. The monoisotopic (exact) mass is 222 g/mol. The van der Waals surface area contributed by atoms with Crippen molar-refractivity contribution >= 4 is 0 Å². The number of benzene rings is 1. The van der Waals surface area contributed by atoms with Crippen LogP contribution in [0.4, 0.5) is 17.6 Å². The fourth-order valence-electron chi connectivity index (χ4n) is 0.932. The van der Waals surface area contributed by atoms with Gasteiger partial charge < -0.3 is 4.74 Å². The number of halogens is 4. The van der Waals surface area contributed by atoms with Crippen LogP contribution in [-0.2, 0) is 0 Å². The molecule has 0 aromatic heterocycles. The summed E-state index contributed by atoms with van der Waals surface area (Å²) in [5.74, 6) is -7.02. The summed E-state index contributed by atoms with van der Waals surface area (Å²) in [4.78, 5) is 0. The van der Waals surface area contributed by atoms with Crippen LogP contribution in [0.3, 0.4) is 0 Å². The predicted octanol–water partition coefficient (Wildman–Crippen LogP) is 3.28. The summed E-state index contributed by atoms with van der Waals surface area (Å²) in [6.07, 6.45) is 0. The molecule has 0 aliphatic rings. The molecule has 0 aliphatic heterocycles. The van der Waals surface area contributed by atoms with Crippen molar-refractivity contribution in [3.05, 3.63) is 29.3 Å². The highest BCUT2D eigenvalue weighted by atomic mass is 19.2. The van der Waals surface area contributed by atoms with Crippen LogP contribution in [-0.4, -0.2) is 6.61 Å². The first-order valence-electron chi connectivity index (χ1n) is 4.39. The third kappa shape index (κ3) is 2.61. The van der Waals surface area contributed by atoms with Crippen molar-refractivity contribution in [2.75, 3.05) is 6.61 Å². The summed E-state index contributed by atoms with van der Waals surface area (Å²) in [5.41, 5.74) is 0. The van der Waals surface area contributed by atoms with E-state index in [1.165, 1.54) is 0 Å². The van der Waals surface area contributed by atoms with E-state index in [4.69, 9.17) is 4.74 Å². The Morgan fingerprint density at radius 3 is 2.20 bits per heavy atom. The third-order valence-electron chi connectivity index (χ3n) is 1.63. The molecule has 15 heavy (non-hydrogen) atoms. The standard InChI is InChI=1S/C10H10F4O/c1-5(2)4-15-10-7(12)3-6(11)8(13)9(10)14/h3,5H,4H2,1-2H3. The van der Waals surface area contributed by atoms with Crippen molar-refractivity contribution < 1.29 is 22.3 Å². The largest absolute Gasteiger partial charge is 0.487 e. The van der Waals surface area contributed by atoms with Gasteiger partial charge in [-0.25, -0.2) is 13.2 Å². The zero-order valence-electron chi connectivity index (χ0n) is 8.28. The maximum absolute atomic E-state index is 13.0. The molecule has 0 bridgehead atoms. The molecule has 0 aliphatic carbocycles. The Balaban J connectivity index is 3.02. The lowest BCUT2D eigenvalue weighted by atomic mass is 10.2. The van der Waals surface area contributed by atoms with E-state index in [0.29, 0.717) is 0 Å². The zero-order chi connectivity index (χ0) is 11.6. The van der Waals surface area contributed by atoms with Crippen LogP contribution in [0.2, 0.25) is 0 Å². The van der Waals surface area contributed by atoms with E-state index >= 15 is 0 Å². The number of hydrogen-bond donors (Lipinski definition) is 0. The van der Waals surface area contributed by atoms with Crippen molar-refractivity contribution in [2.45, 2.75) is 13.8 Å². The summed E-state index contributed by atoms with van der Waals surface area (Å²) >= 11 is 0. The molecule has 0 spiro atoms. The molecule has 0 saturated carbocycles. The van der Waals surface area contributed by atoms with E-state index < -0.39 is 29.0 Å². The van der Waals surface area contributed by atoms with Crippen molar-refractivity contribution in [1.82, 2.24) is 0 Å². The Hall–Kier alpha value is -1.26. The normalized spacial score (nSPS) is 10.9. The molecule has 1 aromatic carbocycles. The minimum Gasteiger partial charge on any atom is -0.487 e. The Labute approximate surface area is 84.7 Å². The van der Waals surface area contributed by atoms with Crippen LogP contribution in [0, 0.1) is 29.2 Å². The van der Waals surface area contributed by atoms with Crippen molar-refractivity contribution in [3.8, 4) is 5.75 Å². The van der Waals surface area contributed by atoms with E-state index in [-0.39, 0.29) is 18.6 Å². The van der Waals surface area contributed by atoms with Crippen molar-refractivity contribution in [2.24, 2.45) is 5.92 Å². The van der Waals surface area contributed by atoms with Crippen molar-refractivity contribution in [1.29, 1.82) is 0 Å². The van der Waals surface area contributed by atoms with Gasteiger partial charge in [-0.1, -0.05) is 13.8 Å². The second-order valence-electron chi connectivity index (χ2n) is 3.50. The molecule has 1 rings (SSSR count). The second-order valence-corrected chi connectivity index (χ2v) is 3.50. The smallest absolute Gasteiger partial charge is 0.206 e. The van der Waals surface area contributed by atoms with E-state index in [2.05, 4.69) is 0 Å². The molecule has 0 heterocycles. The van der Waals surface area contributed by atoms with Gasteiger partial charge in [-0.15, -0.1) is 0 Å². The molecular formula is C10H10F4O. The fraction of sp³-hybridized carbons (Fsp3) is 0.400. The van der Waals surface area contributed by atoms with Gasteiger partial charge in [0.2, 0.25) is 5.82 Å². The van der Waals surface area contributed by atoms with Crippen LogP contribution in [0.15, 0.2) is 6.07 Å². The molecule has 0 amide bonds. The molecule has 0 N–H and O–H groups in total. The summed E-state index contributed by atoms with van der Waals surface area (Å²) < 4.78 is 55.9. The van der Waals surface area contributed by atoms with Gasteiger partial charge >= 0.3 is 0 Å². The maximum Gasteiger partial charge on any atom is 0.206 e. The fourth-order valence-corrected chi connectivity index (χ4v) is 0.932. The Morgan fingerprint density at radius 2 is 1.67 bits per heavy atom. The van der Waals surface area contributed by atoms with Crippen LogP contribution in [0.25, 0.3) is 0 Å². The van der Waals surface area contributed by atoms with Crippen LogP contribution < -0.4 is 4.74 Å². The van der Waals surface area contributed by atoms with Crippen LogP contribution in [0.1, 0.15) is 13.8 Å². The Morgan fingerprint density at radius 1 is 1.07 bits per heavy atom. The molecule has 0 radical (unpaired) electrons. The highest BCUT2D eigenvalue weighted by Crippen LogP contribution is 2.26. The van der Waals surface area contributed by atoms with E-state index in [1.807, 2.05) is 0 Å². The first-order valence-corrected chi connectivity index (χ1v) is 4.39. The number of rotatable bonds is 3. The summed E-state index contributed by atoms with van der Waals surface area (Å²) in [6.45, 7) is 3.55.